The van der Waals surface area contributed by atoms with Gasteiger partial charge >= 0.3 is 0 Å². The van der Waals surface area contributed by atoms with E-state index in [1.54, 1.807) is 24.3 Å². The molecular formula is C18H22N2O3S. The summed E-state index contributed by atoms with van der Waals surface area (Å²) in [5, 5.41) is 2.71. The topological polar surface area (TPSA) is 66.5 Å². The number of hydrogen-bond acceptors (Lipinski definition) is 3. The Balaban J connectivity index is 2.03. The van der Waals surface area contributed by atoms with Crippen LogP contribution in [0, 0.1) is 6.92 Å². The van der Waals surface area contributed by atoms with Crippen LogP contribution in [0.1, 0.15) is 18.1 Å². The molecule has 2 aromatic carbocycles. The molecule has 128 valence electrons. The second kappa shape index (κ2) is 7.59. The fourth-order valence-corrected chi connectivity index (χ4v) is 3.33. The van der Waals surface area contributed by atoms with E-state index in [2.05, 4.69) is 12.2 Å². The van der Waals surface area contributed by atoms with Gasteiger partial charge in [0.05, 0.1) is 11.4 Å². The van der Waals surface area contributed by atoms with Gasteiger partial charge in [0.1, 0.15) is 0 Å². The lowest BCUT2D eigenvalue weighted by molar-refractivity contribution is -0.116. The van der Waals surface area contributed by atoms with Crippen molar-refractivity contribution in [1.29, 1.82) is 0 Å². The minimum atomic E-state index is -3.68. The molecule has 0 aromatic heterocycles. The number of sulfonamides is 1. The van der Waals surface area contributed by atoms with E-state index in [-0.39, 0.29) is 17.3 Å². The summed E-state index contributed by atoms with van der Waals surface area (Å²) in [6, 6.07) is 14.0. The van der Waals surface area contributed by atoms with E-state index in [1.807, 2.05) is 31.2 Å². The lowest BCUT2D eigenvalue weighted by Crippen LogP contribution is -2.34. The summed E-state index contributed by atoms with van der Waals surface area (Å²) in [6.45, 7) is 3.70. The number of amides is 1. The first-order chi connectivity index (χ1) is 11.3. The second-order valence-electron chi connectivity index (χ2n) is 5.67. The Bertz CT molecular complexity index is 797. The minimum absolute atomic E-state index is 0.177. The molecule has 0 unspecified atom stereocenters. The molecule has 0 aliphatic carbocycles. The number of carbonyl (C=O) groups excluding carboxylic acids is 1. The van der Waals surface area contributed by atoms with Gasteiger partial charge in [0, 0.05) is 12.7 Å². The van der Waals surface area contributed by atoms with Crippen LogP contribution in [0.3, 0.4) is 0 Å². The molecule has 0 aliphatic rings. The standard InChI is InChI=1S/C18H22N2O3S/c1-4-15-7-9-16(10-8-15)19-18(21)13-20(3)24(22,23)17-11-5-14(2)6-12-17/h5-12H,4,13H2,1-3H3,(H,19,21). The molecule has 0 saturated carbocycles. The van der Waals surface area contributed by atoms with Crippen molar-refractivity contribution in [2.45, 2.75) is 25.2 Å². The van der Waals surface area contributed by atoms with Crippen LogP contribution in [0.5, 0.6) is 0 Å². The van der Waals surface area contributed by atoms with Gasteiger partial charge in [0.2, 0.25) is 15.9 Å². The number of likely N-dealkylation sites (N-methyl/N-ethyl adjacent to an activating group) is 1. The van der Waals surface area contributed by atoms with E-state index in [9.17, 15) is 13.2 Å². The van der Waals surface area contributed by atoms with Crippen molar-refractivity contribution in [2.24, 2.45) is 0 Å². The van der Waals surface area contributed by atoms with Gasteiger partial charge in [-0.3, -0.25) is 4.79 Å². The highest BCUT2D eigenvalue weighted by Gasteiger charge is 2.22. The SMILES string of the molecule is CCc1ccc(NC(=O)CN(C)S(=O)(=O)c2ccc(C)cc2)cc1. The monoisotopic (exact) mass is 346 g/mol. The highest BCUT2D eigenvalue weighted by molar-refractivity contribution is 7.89. The molecule has 0 radical (unpaired) electrons. The first-order valence-corrected chi connectivity index (χ1v) is 9.18. The van der Waals surface area contributed by atoms with Crippen LogP contribution in [0.25, 0.3) is 0 Å². The van der Waals surface area contributed by atoms with E-state index >= 15 is 0 Å². The highest BCUT2D eigenvalue weighted by Crippen LogP contribution is 2.15. The van der Waals surface area contributed by atoms with E-state index in [1.165, 1.54) is 12.6 Å². The fraction of sp³-hybridized carbons (Fsp3) is 0.278. The number of hydrogen-bond donors (Lipinski definition) is 1. The van der Waals surface area contributed by atoms with Crippen molar-refractivity contribution < 1.29 is 13.2 Å². The molecule has 1 amide bonds. The zero-order valence-electron chi connectivity index (χ0n) is 14.1. The van der Waals surface area contributed by atoms with Gasteiger partial charge in [0.15, 0.2) is 0 Å². The zero-order chi connectivity index (χ0) is 17.7. The molecular weight excluding hydrogens is 324 g/mol. The average molecular weight is 346 g/mol. The summed E-state index contributed by atoms with van der Waals surface area (Å²) in [6.07, 6.45) is 0.922. The maximum Gasteiger partial charge on any atom is 0.243 e. The molecule has 0 heterocycles. The third-order valence-corrected chi connectivity index (χ3v) is 5.56. The fourth-order valence-electron chi connectivity index (χ4n) is 2.20. The van der Waals surface area contributed by atoms with Crippen LogP contribution < -0.4 is 5.32 Å². The van der Waals surface area contributed by atoms with E-state index in [0.29, 0.717) is 5.69 Å². The van der Waals surface area contributed by atoms with Gasteiger partial charge in [0.25, 0.3) is 0 Å². The molecule has 2 rings (SSSR count). The van der Waals surface area contributed by atoms with Gasteiger partial charge in [-0.05, 0) is 43.2 Å². The normalized spacial score (nSPS) is 11.5. The molecule has 0 bridgehead atoms. The van der Waals surface area contributed by atoms with Gasteiger partial charge < -0.3 is 5.32 Å². The Morgan fingerprint density at radius 2 is 1.62 bits per heavy atom. The predicted octanol–water partition coefficient (Wildman–Crippen LogP) is 2.82. The molecule has 5 nitrogen and oxygen atoms in total. The number of benzene rings is 2. The largest absolute Gasteiger partial charge is 0.325 e. The van der Waals surface area contributed by atoms with Crippen LogP contribution in [-0.4, -0.2) is 32.2 Å². The Morgan fingerprint density at radius 3 is 2.17 bits per heavy atom. The summed E-state index contributed by atoms with van der Waals surface area (Å²) in [5.41, 5.74) is 2.80. The quantitative estimate of drug-likeness (QED) is 0.875. The summed E-state index contributed by atoms with van der Waals surface area (Å²) in [4.78, 5) is 12.3. The summed E-state index contributed by atoms with van der Waals surface area (Å²) in [5.74, 6) is -0.377. The number of anilines is 1. The van der Waals surface area contributed by atoms with Crippen molar-refractivity contribution in [3.8, 4) is 0 Å². The number of carbonyl (C=O) groups is 1. The Labute approximate surface area is 143 Å². The van der Waals surface area contributed by atoms with Crippen LogP contribution in [0.2, 0.25) is 0 Å². The Morgan fingerprint density at radius 1 is 1.04 bits per heavy atom. The molecule has 0 aliphatic heterocycles. The van der Waals surface area contributed by atoms with Crippen molar-refractivity contribution in [1.82, 2.24) is 4.31 Å². The average Bonchev–Trinajstić information content (AvgIpc) is 2.55. The van der Waals surface area contributed by atoms with E-state index in [0.717, 1.165) is 16.3 Å². The van der Waals surface area contributed by atoms with Crippen molar-refractivity contribution in [3.05, 3.63) is 59.7 Å². The van der Waals surface area contributed by atoms with Gasteiger partial charge in [-0.25, -0.2) is 8.42 Å². The predicted molar refractivity (Wildman–Crippen MR) is 95.4 cm³/mol. The van der Waals surface area contributed by atoms with Crippen molar-refractivity contribution in [3.63, 3.8) is 0 Å². The number of nitrogens with one attached hydrogen (secondary N) is 1. The Kier molecular flexibility index (Phi) is 5.75. The van der Waals surface area contributed by atoms with E-state index in [4.69, 9.17) is 0 Å². The molecule has 0 fully saturated rings. The van der Waals surface area contributed by atoms with E-state index < -0.39 is 10.0 Å². The first-order valence-electron chi connectivity index (χ1n) is 7.74. The molecule has 24 heavy (non-hydrogen) atoms. The van der Waals surface area contributed by atoms with Gasteiger partial charge in [-0.1, -0.05) is 36.8 Å². The van der Waals surface area contributed by atoms with Gasteiger partial charge in [-0.2, -0.15) is 4.31 Å². The highest BCUT2D eigenvalue weighted by atomic mass is 32.2. The summed E-state index contributed by atoms with van der Waals surface area (Å²) >= 11 is 0. The first kappa shape index (κ1) is 18.2. The third kappa shape index (κ3) is 4.43. The third-order valence-electron chi connectivity index (χ3n) is 3.74. The van der Waals surface area contributed by atoms with Crippen LogP contribution in [0.15, 0.2) is 53.4 Å². The molecule has 0 atom stereocenters. The van der Waals surface area contributed by atoms with Gasteiger partial charge in [-0.15, -0.1) is 0 Å². The van der Waals surface area contributed by atoms with Crippen LogP contribution >= 0.6 is 0 Å². The summed E-state index contributed by atoms with van der Waals surface area (Å²) in [7, 11) is -2.28. The minimum Gasteiger partial charge on any atom is -0.325 e. The molecule has 2 aromatic rings. The number of rotatable bonds is 6. The lowest BCUT2D eigenvalue weighted by atomic mass is 10.1. The van der Waals surface area contributed by atoms with Crippen molar-refractivity contribution in [2.75, 3.05) is 18.9 Å². The second-order valence-corrected chi connectivity index (χ2v) is 7.72. The lowest BCUT2D eigenvalue weighted by Gasteiger charge is -2.17. The zero-order valence-corrected chi connectivity index (χ0v) is 14.9. The molecule has 0 spiro atoms. The smallest absolute Gasteiger partial charge is 0.243 e. The molecule has 6 heteroatoms. The van der Waals surface area contributed by atoms with Crippen LogP contribution in [-0.2, 0) is 21.2 Å². The van der Waals surface area contributed by atoms with Crippen molar-refractivity contribution >= 4 is 21.6 Å². The summed E-state index contributed by atoms with van der Waals surface area (Å²) < 4.78 is 26.0. The van der Waals surface area contributed by atoms with Crippen LogP contribution in [0.4, 0.5) is 5.69 Å². The number of aryl methyl sites for hydroxylation is 2. The number of nitrogens with zero attached hydrogens (tertiary/aromatic N) is 1. The Hall–Kier alpha value is -2.18. The molecule has 1 N–H and O–H groups in total. The molecule has 0 saturated heterocycles. The maximum absolute atomic E-state index is 12.5. The maximum atomic E-state index is 12.5.